The van der Waals surface area contributed by atoms with Gasteiger partial charge in [0.05, 0.1) is 0 Å². The molecule has 1 atom stereocenters. The van der Waals surface area contributed by atoms with Crippen LogP contribution in [0.2, 0.25) is 0 Å². The molecule has 0 aromatic carbocycles. The molecule has 2 rings (SSSR count). The molecule has 1 saturated heterocycles. The summed E-state index contributed by atoms with van der Waals surface area (Å²) in [5.74, 6) is 1.20. The average Bonchev–Trinajstić information content (AvgIpc) is 2.61. The molecule has 5 heteroatoms. The molecule has 0 radical (unpaired) electrons. The van der Waals surface area contributed by atoms with E-state index in [0.29, 0.717) is 5.92 Å². The number of rotatable bonds is 1. The van der Waals surface area contributed by atoms with E-state index < -0.39 is 0 Å². The number of nitrogens with zero attached hydrogens (tertiary/aromatic N) is 2. The predicted octanol–water partition coefficient (Wildman–Crippen LogP) is -0.815. The summed E-state index contributed by atoms with van der Waals surface area (Å²) in [5.41, 5.74) is -0.128. The lowest BCUT2D eigenvalue weighted by Gasteiger charge is -2.00. The summed E-state index contributed by atoms with van der Waals surface area (Å²) >= 11 is 0. The van der Waals surface area contributed by atoms with Gasteiger partial charge in [0.1, 0.15) is 5.82 Å². The lowest BCUT2D eigenvalue weighted by Crippen LogP contribution is -2.13. The molecule has 0 saturated carbocycles. The van der Waals surface area contributed by atoms with Crippen molar-refractivity contribution < 1.29 is 0 Å². The number of nitrogens with one attached hydrogen (secondary N) is 2. The highest BCUT2D eigenvalue weighted by Crippen LogP contribution is 2.16. The quantitative estimate of drug-likeness (QED) is 0.576. The van der Waals surface area contributed by atoms with E-state index in [1.54, 1.807) is 7.05 Å². The Balaban J connectivity index is 2.27. The molecule has 5 nitrogen and oxygen atoms in total. The van der Waals surface area contributed by atoms with E-state index in [1.165, 1.54) is 4.68 Å². The second kappa shape index (κ2) is 2.75. The molecular weight excluding hydrogens is 156 g/mol. The van der Waals surface area contributed by atoms with Gasteiger partial charge in [-0.1, -0.05) is 0 Å². The summed E-state index contributed by atoms with van der Waals surface area (Å²) in [6.07, 6.45) is 1.06. The maximum absolute atomic E-state index is 11.0. The first-order chi connectivity index (χ1) is 5.77. The van der Waals surface area contributed by atoms with Crippen molar-refractivity contribution in [3.63, 3.8) is 0 Å². The highest BCUT2D eigenvalue weighted by molar-refractivity contribution is 4.98. The molecule has 1 aromatic rings. The molecule has 1 fully saturated rings. The molecule has 66 valence electrons. The summed E-state index contributed by atoms with van der Waals surface area (Å²) in [6, 6.07) is 0. The Labute approximate surface area is 69.8 Å². The first-order valence-electron chi connectivity index (χ1n) is 4.11. The van der Waals surface area contributed by atoms with Crippen LogP contribution in [0.25, 0.3) is 0 Å². The Morgan fingerprint density at radius 3 is 3.00 bits per heavy atom. The minimum absolute atomic E-state index is 0.128. The first-order valence-corrected chi connectivity index (χ1v) is 4.11. The number of hydrogen-bond donors (Lipinski definition) is 2. The van der Waals surface area contributed by atoms with Crippen molar-refractivity contribution in [1.82, 2.24) is 20.1 Å². The standard InChI is InChI=1S/C7H12N4O/c1-11-7(12)9-6(10-11)5-2-3-8-4-5/h5,8H,2-4H2,1H3,(H,9,10,12). The zero-order valence-electron chi connectivity index (χ0n) is 7.00. The van der Waals surface area contributed by atoms with Gasteiger partial charge in [-0.2, -0.15) is 5.10 Å². The van der Waals surface area contributed by atoms with Crippen molar-refractivity contribution in [3.05, 3.63) is 16.3 Å². The predicted molar refractivity (Wildman–Crippen MR) is 44.1 cm³/mol. The third-order valence-corrected chi connectivity index (χ3v) is 2.23. The molecule has 0 bridgehead atoms. The molecule has 1 aliphatic heterocycles. The van der Waals surface area contributed by atoms with Crippen LogP contribution >= 0.6 is 0 Å². The van der Waals surface area contributed by atoms with Crippen molar-refractivity contribution in [3.8, 4) is 0 Å². The molecule has 12 heavy (non-hydrogen) atoms. The van der Waals surface area contributed by atoms with Crippen molar-refractivity contribution in [2.45, 2.75) is 12.3 Å². The third-order valence-electron chi connectivity index (χ3n) is 2.23. The van der Waals surface area contributed by atoms with Crippen LogP contribution in [-0.4, -0.2) is 27.9 Å². The first kappa shape index (κ1) is 7.54. The van der Waals surface area contributed by atoms with E-state index in [4.69, 9.17) is 0 Å². The van der Waals surface area contributed by atoms with Crippen LogP contribution in [0.1, 0.15) is 18.2 Å². The fraction of sp³-hybridized carbons (Fsp3) is 0.714. The van der Waals surface area contributed by atoms with Crippen molar-refractivity contribution in [2.75, 3.05) is 13.1 Å². The minimum atomic E-state index is -0.128. The molecule has 2 heterocycles. The van der Waals surface area contributed by atoms with Crippen molar-refractivity contribution in [1.29, 1.82) is 0 Å². The highest BCUT2D eigenvalue weighted by atomic mass is 16.1. The minimum Gasteiger partial charge on any atom is -0.316 e. The van der Waals surface area contributed by atoms with E-state index in [9.17, 15) is 4.79 Å². The van der Waals surface area contributed by atoms with Gasteiger partial charge in [0.15, 0.2) is 0 Å². The normalized spacial score (nSPS) is 23.2. The van der Waals surface area contributed by atoms with Gasteiger partial charge in [0, 0.05) is 19.5 Å². The Morgan fingerprint density at radius 2 is 2.50 bits per heavy atom. The molecule has 0 aliphatic carbocycles. The zero-order valence-corrected chi connectivity index (χ0v) is 7.00. The lowest BCUT2D eigenvalue weighted by atomic mass is 10.1. The van der Waals surface area contributed by atoms with Gasteiger partial charge < -0.3 is 5.32 Å². The summed E-state index contributed by atoms with van der Waals surface area (Å²) in [4.78, 5) is 13.8. The Morgan fingerprint density at radius 1 is 1.67 bits per heavy atom. The number of aryl methyl sites for hydroxylation is 1. The van der Waals surface area contributed by atoms with Crippen LogP contribution < -0.4 is 11.0 Å². The fourth-order valence-corrected chi connectivity index (χ4v) is 1.49. The van der Waals surface area contributed by atoms with Gasteiger partial charge in [0.2, 0.25) is 0 Å². The molecule has 0 amide bonds. The van der Waals surface area contributed by atoms with Gasteiger partial charge in [-0.15, -0.1) is 0 Å². The molecule has 0 spiro atoms. The zero-order chi connectivity index (χ0) is 8.55. The van der Waals surface area contributed by atoms with E-state index >= 15 is 0 Å². The van der Waals surface area contributed by atoms with Crippen LogP contribution in [0.3, 0.4) is 0 Å². The van der Waals surface area contributed by atoms with Gasteiger partial charge in [-0.05, 0) is 13.0 Å². The maximum atomic E-state index is 11.0. The number of aromatic nitrogens is 3. The molecular formula is C7H12N4O. The maximum Gasteiger partial charge on any atom is 0.343 e. The molecule has 2 N–H and O–H groups in total. The van der Waals surface area contributed by atoms with Gasteiger partial charge >= 0.3 is 5.69 Å². The smallest absolute Gasteiger partial charge is 0.316 e. The summed E-state index contributed by atoms with van der Waals surface area (Å²) in [7, 11) is 1.66. The Bertz CT molecular complexity index is 320. The summed E-state index contributed by atoms with van der Waals surface area (Å²) in [6.45, 7) is 1.94. The van der Waals surface area contributed by atoms with E-state index in [2.05, 4.69) is 15.4 Å². The van der Waals surface area contributed by atoms with Crippen molar-refractivity contribution >= 4 is 0 Å². The number of aromatic amines is 1. The summed E-state index contributed by atoms with van der Waals surface area (Å²) < 4.78 is 1.34. The van der Waals surface area contributed by atoms with Crippen LogP contribution in [0.4, 0.5) is 0 Å². The van der Waals surface area contributed by atoms with Gasteiger partial charge in [0.25, 0.3) is 0 Å². The van der Waals surface area contributed by atoms with Gasteiger partial charge in [-0.25, -0.2) is 9.48 Å². The van der Waals surface area contributed by atoms with E-state index in [-0.39, 0.29) is 5.69 Å². The van der Waals surface area contributed by atoms with E-state index in [1.807, 2.05) is 0 Å². The third kappa shape index (κ3) is 1.16. The number of hydrogen-bond acceptors (Lipinski definition) is 3. The van der Waals surface area contributed by atoms with Crippen LogP contribution in [-0.2, 0) is 7.05 Å². The SMILES string of the molecule is Cn1nc(C2CCNC2)[nH]c1=O. The van der Waals surface area contributed by atoms with E-state index in [0.717, 1.165) is 25.3 Å². The van der Waals surface area contributed by atoms with Crippen LogP contribution in [0.5, 0.6) is 0 Å². The monoisotopic (exact) mass is 168 g/mol. The molecule has 1 aliphatic rings. The van der Waals surface area contributed by atoms with Crippen LogP contribution in [0, 0.1) is 0 Å². The summed E-state index contributed by atoms with van der Waals surface area (Å²) in [5, 5.41) is 7.33. The topological polar surface area (TPSA) is 62.7 Å². The second-order valence-electron chi connectivity index (χ2n) is 3.13. The molecule has 1 unspecified atom stereocenters. The van der Waals surface area contributed by atoms with Crippen molar-refractivity contribution in [2.24, 2.45) is 7.05 Å². The average molecular weight is 168 g/mol. The largest absolute Gasteiger partial charge is 0.343 e. The highest BCUT2D eigenvalue weighted by Gasteiger charge is 2.19. The lowest BCUT2D eigenvalue weighted by molar-refractivity contribution is 0.667. The van der Waals surface area contributed by atoms with Crippen LogP contribution in [0.15, 0.2) is 4.79 Å². The Kier molecular flexibility index (Phi) is 1.73. The second-order valence-corrected chi connectivity index (χ2v) is 3.13. The fourth-order valence-electron chi connectivity index (χ4n) is 1.49. The van der Waals surface area contributed by atoms with Gasteiger partial charge in [-0.3, -0.25) is 4.98 Å². The Hall–Kier alpha value is -1.10. The molecule has 1 aromatic heterocycles. The number of H-pyrrole nitrogens is 1.